The van der Waals surface area contributed by atoms with Gasteiger partial charge in [-0.15, -0.1) is 0 Å². The van der Waals surface area contributed by atoms with Crippen LogP contribution in [-0.2, 0) is 28.5 Å². The molecule has 2 aromatic rings. The number of nitrogens with zero attached hydrogens (tertiary/aromatic N) is 3. The fourth-order valence-electron chi connectivity index (χ4n) is 4.61. The maximum atomic E-state index is 13.5. The number of fused-ring (bicyclic) bond motifs is 1. The minimum Gasteiger partial charge on any atom is -0.486 e. The van der Waals surface area contributed by atoms with Crippen molar-refractivity contribution in [3.8, 4) is 5.75 Å². The number of rotatable bonds is 8. The van der Waals surface area contributed by atoms with Crippen LogP contribution in [0.4, 0.5) is 0 Å². The molecule has 31 heavy (non-hydrogen) atoms. The van der Waals surface area contributed by atoms with Gasteiger partial charge in [-0.3, -0.25) is 4.90 Å². The molecule has 0 amide bonds. The normalized spacial score (nSPS) is 19.5. The fraction of sp³-hybridized carbons (Fsp3) is 0.636. The van der Waals surface area contributed by atoms with Gasteiger partial charge >= 0.3 is 0 Å². The standard InChI is InChI=1S/C22H32N4O4S/c1-5-26(6-2)15-18-23-20(24-30-18)22(12-7-8-13-22)25-31(27,28)17-11-9-10-16-14-21(3,4)29-19(16)17/h9-11,25H,5-8,12-15H2,1-4H3. The molecule has 1 aromatic carbocycles. The average molecular weight is 449 g/mol. The summed E-state index contributed by atoms with van der Waals surface area (Å²) in [5, 5.41) is 4.19. The molecule has 170 valence electrons. The lowest BCUT2D eigenvalue weighted by Gasteiger charge is -2.27. The van der Waals surface area contributed by atoms with Gasteiger partial charge in [0.2, 0.25) is 15.9 Å². The van der Waals surface area contributed by atoms with Crippen LogP contribution in [-0.4, -0.2) is 42.1 Å². The lowest BCUT2D eigenvalue weighted by molar-refractivity contribution is 0.135. The van der Waals surface area contributed by atoms with Crippen molar-refractivity contribution in [2.24, 2.45) is 0 Å². The zero-order chi connectivity index (χ0) is 22.3. The van der Waals surface area contributed by atoms with Crippen molar-refractivity contribution in [2.75, 3.05) is 13.1 Å². The van der Waals surface area contributed by atoms with Crippen molar-refractivity contribution >= 4 is 10.0 Å². The second kappa shape index (κ2) is 8.18. The Kier molecular flexibility index (Phi) is 5.87. The number of hydrogen-bond acceptors (Lipinski definition) is 7. The van der Waals surface area contributed by atoms with E-state index in [2.05, 4.69) is 33.6 Å². The van der Waals surface area contributed by atoms with E-state index in [0.717, 1.165) is 31.5 Å². The minimum atomic E-state index is -3.86. The predicted octanol–water partition coefficient (Wildman–Crippen LogP) is 3.37. The maximum absolute atomic E-state index is 13.5. The molecular formula is C22H32N4O4S. The first kappa shape index (κ1) is 22.2. The maximum Gasteiger partial charge on any atom is 0.245 e. The summed E-state index contributed by atoms with van der Waals surface area (Å²) in [6, 6.07) is 5.30. The molecule has 0 bridgehead atoms. The van der Waals surface area contributed by atoms with Crippen LogP contribution in [0.15, 0.2) is 27.6 Å². The van der Waals surface area contributed by atoms with Crippen molar-refractivity contribution in [2.45, 2.75) is 82.4 Å². The van der Waals surface area contributed by atoms with E-state index >= 15 is 0 Å². The molecule has 1 fully saturated rings. The highest BCUT2D eigenvalue weighted by Gasteiger charge is 2.45. The van der Waals surface area contributed by atoms with Gasteiger partial charge in [0.05, 0.1) is 12.1 Å². The zero-order valence-corrected chi connectivity index (χ0v) is 19.6. The molecule has 8 nitrogen and oxygen atoms in total. The molecule has 1 aliphatic heterocycles. The van der Waals surface area contributed by atoms with E-state index in [0.29, 0.717) is 43.3 Å². The Hall–Kier alpha value is -1.97. The van der Waals surface area contributed by atoms with Gasteiger partial charge in [0.25, 0.3) is 0 Å². The molecule has 2 aliphatic rings. The SMILES string of the molecule is CCN(CC)Cc1nc(C2(NS(=O)(=O)c3cccc4c3OC(C)(C)C4)CCCC2)no1. The van der Waals surface area contributed by atoms with Crippen LogP contribution in [0.1, 0.15) is 70.7 Å². The summed E-state index contributed by atoms with van der Waals surface area (Å²) in [4.78, 5) is 6.95. The second-order valence-electron chi connectivity index (χ2n) is 9.15. The molecule has 9 heteroatoms. The lowest BCUT2D eigenvalue weighted by atomic mass is 9.98. The van der Waals surface area contributed by atoms with Crippen molar-refractivity contribution in [3.63, 3.8) is 0 Å². The van der Waals surface area contributed by atoms with Crippen molar-refractivity contribution in [1.29, 1.82) is 0 Å². The van der Waals surface area contributed by atoms with Crippen LogP contribution in [0.2, 0.25) is 0 Å². The van der Waals surface area contributed by atoms with E-state index in [1.807, 2.05) is 19.9 Å². The molecule has 0 saturated heterocycles. The molecule has 2 heterocycles. The number of hydrogen-bond donors (Lipinski definition) is 1. The number of benzene rings is 1. The average Bonchev–Trinajstić information content (AvgIpc) is 3.43. The molecule has 4 rings (SSSR count). The number of para-hydroxylation sites is 1. The smallest absolute Gasteiger partial charge is 0.245 e. The molecule has 0 spiro atoms. The monoisotopic (exact) mass is 448 g/mol. The van der Waals surface area contributed by atoms with E-state index in [4.69, 9.17) is 9.26 Å². The highest BCUT2D eigenvalue weighted by atomic mass is 32.2. The Morgan fingerprint density at radius 2 is 1.87 bits per heavy atom. The van der Waals surface area contributed by atoms with E-state index < -0.39 is 21.2 Å². The third-order valence-corrected chi connectivity index (χ3v) is 7.84. The van der Waals surface area contributed by atoms with Crippen LogP contribution in [0.5, 0.6) is 5.75 Å². The van der Waals surface area contributed by atoms with Gasteiger partial charge in [-0.2, -0.15) is 9.71 Å². The van der Waals surface area contributed by atoms with Gasteiger partial charge in [-0.05, 0) is 51.4 Å². The Morgan fingerprint density at radius 1 is 1.16 bits per heavy atom. The lowest BCUT2D eigenvalue weighted by Crippen LogP contribution is -2.44. The van der Waals surface area contributed by atoms with Gasteiger partial charge in [-0.1, -0.05) is 44.0 Å². The van der Waals surface area contributed by atoms with Crippen molar-refractivity contribution in [3.05, 3.63) is 35.5 Å². The van der Waals surface area contributed by atoms with Gasteiger partial charge in [0.1, 0.15) is 16.2 Å². The summed E-state index contributed by atoms with van der Waals surface area (Å²) in [6.45, 7) is 10.4. The Bertz CT molecular complexity index is 1040. The van der Waals surface area contributed by atoms with Crippen molar-refractivity contribution in [1.82, 2.24) is 19.8 Å². The van der Waals surface area contributed by atoms with Crippen LogP contribution in [0.3, 0.4) is 0 Å². The van der Waals surface area contributed by atoms with Gasteiger partial charge in [-0.25, -0.2) is 8.42 Å². The molecule has 0 atom stereocenters. The zero-order valence-electron chi connectivity index (χ0n) is 18.8. The molecule has 1 N–H and O–H groups in total. The number of nitrogens with one attached hydrogen (secondary N) is 1. The van der Waals surface area contributed by atoms with Crippen LogP contribution in [0.25, 0.3) is 0 Å². The van der Waals surface area contributed by atoms with E-state index in [1.165, 1.54) is 0 Å². The Morgan fingerprint density at radius 3 is 2.55 bits per heavy atom. The highest BCUT2D eigenvalue weighted by molar-refractivity contribution is 7.89. The second-order valence-corrected chi connectivity index (χ2v) is 10.8. The molecular weight excluding hydrogens is 416 g/mol. The summed E-state index contributed by atoms with van der Waals surface area (Å²) >= 11 is 0. The largest absolute Gasteiger partial charge is 0.486 e. The summed E-state index contributed by atoms with van der Waals surface area (Å²) < 4.78 is 41.5. The summed E-state index contributed by atoms with van der Waals surface area (Å²) in [5.41, 5.74) is -0.374. The van der Waals surface area contributed by atoms with Gasteiger partial charge in [0, 0.05) is 6.42 Å². The van der Waals surface area contributed by atoms with E-state index in [-0.39, 0.29) is 4.90 Å². The molecule has 1 saturated carbocycles. The Balaban J connectivity index is 1.64. The first-order chi connectivity index (χ1) is 14.7. The van der Waals surface area contributed by atoms with Crippen LogP contribution >= 0.6 is 0 Å². The predicted molar refractivity (Wildman–Crippen MR) is 116 cm³/mol. The van der Waals surface area contributed by atoms with Crippen LogP contribution < -0.4 is 9.46 Å². The number of aromatic nitrogens is 2. The first-order valence-corrected chi connectivity index (χ1v) is 12.6. The molecule has 1 aromatic heterocycles. The van der Waals surface area contributed by atoms with Gasteiger partial charge in [0.15, 0.2) is 5.82 Å². The minimum absolute atomic E-state index is 0.175. The number of ether oxygens (including phenoxy) is 1. The topological polar surface area (TPSA) is 97.6 Å². The third-order valence-electron chi connectivity index (χ3n) is 6.28. The summed E-state index contributed by atoms with van der Waals surface area (Å²) in [6.07, 6.45) is 3.75. The molecule has 0 unspecified atom stereocenters. The Labute approximate surface area is 184 Å². The van der Waals surface area contributed by atoms with Crippen LogP contribution in [0, 0.1) is 0 Å². The third kappa shape index (κ3) is 4.36. The van der Waals surface area contributed by atoms with E-state index in [9.17, 15) is 8.42 Å². The van der Waals surface area contributed by atoms with Crippen molar-refractivity contribution < 1.29 is 17.7 Å². The fourth-order valence-corrected chi connectivity index (χ4v) is 6.21. The molecule has 1 aliphatic carbocycles. The quantitative estimate of drug-likeness (QED) is 0.661. The summed E-state index contributed by atoms with van der Waals surface area (Å²) in [7, 11) is -3.86. The van der Waals surface area contributed by atoms with E-state index in [1.54, 1.807) is 12.1 Å². The number of sulfonamides is 1. The molecule has 0 radical (unpaired) electrons. The highest BCUT2D eigenvalue weighted by Crippen LogP contribution is 2.42. The summed E-state index contributed by atoms with van der Waals surface area (Å²) in [5.74, 6) is 1.38. The van der Waals surface area contributed by atoms with Gasteiger partial charge < -0.3 is 9.26 Å². The first-order valence-electron chi connectivity index (χ1n) is 11.1.